The van der Waals surface area contributed by atoms with Crippen LogP contribution in [0.25, 0.3) is 0 Å². The van der Waals surface area contributed by atoms with Crippen molar-refractivity contribution in [3.63, 3.8) is 0 Å². The van der Waals surface area contributed by atoms with Crippen LogP contribution in [0, 0.1) is 0 Å². The van der Waals surface area contributed by atoms with Crippen LogP contribution < -0.4 is 5.32 Å². The van der Waals surface area contributed by atoms with Gasteiger partial charge in [-0.25, -0.2) is 0 Å². The normalized spacial score (nSPS) is 22.5. The Balaban J connectivity index is 2.05. The minimum absolute atomic E-state index is 0.0271. The van der Waals surface area contributed by atoms with E-state index in [9.17, 15) is 4.79 Å². The molecule has 0 radical (unpaired) electrons. The number of amides is 1. The second kappa shape index (κ2) is 7.70. The molecule has 1 amide bonds. The maximum absolute atomic E-state index is 12.4. The SMILES string of the molecule is CCC1NC(c2ccccc2)N(CCCCSC)C1=O. The number of benzene rings is 1. The van der Waals surface area contributed by atoms with Crippen molar-refractivity contribution in [1.82, 2.24) is 10.2 Å². The molecule has 20 heavy (non-hydrogen) atoms. The van der Waals surface area contributed by atoms with E-state index in [4.69, 9.17) is 0 Å². The van der Waals surface area contributed by atoms with Crippen molar-refractivity contribution in [2.45, 2.75) is 38.4 Å². The molecule has 0 spiro atoms. The van der Waals surface area contributed by atoms with E-state index >= 15 is 0 Å². The number of unbranched alkanes of at least 4 members (excludes halogenated alkanes) is 1. The molecule has 2 atom stereocenters. The van der Waals surface area contributed by atoms with Gasteiger partial charge in [-0.1, -0.05) is 37.3 Å². The van der Waals surface area contributed by atoms with Crippen LogP contribution in [0.2, 0.25) is 0 Å². The molecular formula is C16H24N2OS. The third-order valence-corrected chi connectivity index (χ3v) is 4.47. The Hall–Kier alpha value is -1.00. The second-order valence-corrected chi connectivity index (χ2v) is 6.16. The Bertz CT molecular complexity index is 424. The van der Waals surface area contributed by atoms with Gasteiger partial charge in [-0.15, -0.1) is 0 Å². The van der Waals surface area contributed by atoms with Crippen molar-refractivity contribution in [1.29, 1.82) is 0 Å². The topological polar surface area (TPSA) is 32.3 Å². The highest BCUT2D eigenvalue weighted by Crippen LogP contribution is 2.26. The number of thioether (sulfide) groups is 1. The lowest BCUT2D eigenvalue weighted by Gasteiger charge is -2.24. The number of hydrogen-bond acceptors (Lipinski definition) is 3. The second-order valence-electron chi connectivity index (χ2n) is 5.17. The van der Waals surface area contributed by atoms with Crippen LogP contribution in [-0.4, -0.2) is 35.4 Å². The van der Waals surface area contributed by atoms with Crippen molar-refractivity contribution >= 4 is 17.7 Å². The zero-order chi connectivity index (χ0) is 14.4. The van der Waals surface area contributed by atoms with Crippen LogP contribution >= 0.6 is 11.8 Å². The summed E-state index contributed by atoms with van der Waals surface area (Å²) in [6, 6.07) is 10.2. The molecule has 2 rings (SSSR count). The van der Waals surface area contributed by atoms with E-state index in [0.29, 0.717) is 0 Å². The summed E-state index contributed by atoms with van der Waals surface area (Å²) in [5.74, 6) is 1.42. The van der Waals surface area contributed by atoms with E-state index in [0.717, 1.165) is 19.4 Å². The standard InChI is InChI=1S/C16H24N2OS/c1-3-14-16(19)18(11-7-8-12-20-2)15(17-14)13-9-5-4-6-10-13/h4-6,9-10,14-15,17H,3,7-8,11-12H2,1-2H3. The fourth-order valence-electron chi connectivity index (χ4n) is 2.65. The molecule has 1 N–H and O–H groups in total. The molecule has 0 bridgehead atoms. The van der Waals surface area contributed by atoms with Crippen molar-refractivity contribution in [3.8, 4) is 0 Å². The van der Waals surface area contributed by atoms with E-state index in [1.807, 2.05) is 34.9 Å². The quantitative estimate of drug-likeness (QED) is 0.784. The lowest BCUT2D eigenvalue weighted by Crippen LogP contribution is -2.32. The highest BCUT2D eigenvalue weighted by atomic mass is 32.2. The van der Waals surface area contributed by atoms with Gasteiger partial charge in [0.1, 0.15) is 6.17 Å². The summed E-state index contributed by atoms with van der Waals surface area (Å²) in [7, 11) is 0. The highest BCUT2D eigenvalue weighted by Gasteiger charge is 2.37. The van der Waals surface area contributed by atoms with Crippen LogP contribution in [0.1, 0.15) is 37.9 Å². The zero-order valence-electron chi connectivity index (χ0n) is 12.3. The summed E-state index contributed by atoms with van der Waals surface area (Å²) in [5, 5.41) is 3.47. The zero-order valence-corrected chi connectivity index (χ0v) is 13.2. The average Bonchev–Trinajstić information content (AvgIpc) is 2.81. The van der Waals surface area contributed by atoms with Crippen LogP contribution in [-0.2, 0) is 4.79 Å². The lowest BCUT2D eigenvalue weighted by molar-refractivity contribution is -0.130. The first-order chi connectivity index (χ1) is 9.77. The molecule has 0 aromatic heterocycles. The summed E-state index contributed by atoms with van der Waals surface area (Å²) in [6.45, 7) is 2.91. The Labute approximate surface area is 126 Å². The van der Waals surface area contributed by atoms with Gasteiger partial charge in [0.05, 0.1) is 6.04 Å². The minimum Gasteiger partial charge on any atom is -0.322 e. The van der Waals surface area contributed by atoms with Gasteiger partial charge in [0, 0.05) is 6.54 Å². The van der Waals surface area contributed by atoms with Crippen molar-refractivity contribution in [3.05, 3.63) is 35.9 Å². The molecular weight excluding hydrogens is 268 g/mol. The highest BCUT2D eigenvalue weighted by molar-refractivity contribution is 7.98. The first-order valence-corrected chi connectivity index (χ1v) is 8.77. The Morgan fingerprint density at radius 1 is 1.25 bits per heavy atom. The van der Waals surface area contributed by atoms with E-state index in [2.05, 4.69) is 30.6 Å². The molecule has 1 aromatic rings. The molecule has 1 aliphatic rings. The fourth-order valence-corrected chi connectivity index (χ4v) is 3.14. The molecule has 110 valence electrons. The Kier molecular flexibility index (Phi) is 5.92. The number of nitrogens with one attached hydrogen (secondary N) is 1. The van der Waals surface area contributed by atoms with E-state index in [1.165, 1.54) is 17.7 Å². The summed E-state index contributed by atoms with van der Waals surface area (Å²) in [6.07, 6.45) is 5.27. The molecule has 0 saturated carbocycles. The molecule has 3 nitrogen and oxygen atoms in total. The first-order valence-electron chi connectivity index (χ1n) is 7.38. The number of nitrogens with zero attached hydrogens (tertiary/aromatic N) is 1. The monoisotopic (exact) mass is 292 g/mol. The van der Waals surface area contributed by atoms with Crippen LogP contribution in [0.3, 0.4) is 0 Å². The molecule has 0 aliphatic carbocycles. The van der Waals surface area contributed by atoms with Gasteiger partial charge in [-0.05, 0) is 36.8 Å². The smallest absolute Gasteiger partial charge is 0.241 e. The van der Waals surface area contributed by atoms with E-state index in [-0.39, 0.29) is 18.1 Å². The maximum Gasteiger partial charge on any atom is 0.241 e. The predicted molar refractivity (Wildman–Crippen MR) is 85.7 cm³/mol. The van der Waals surface area contributed by atoms with Gasteiger partial charge in [0.15, 0.2) is 0 Å². The third-order valence-electron chi connectivity index (χ3n) is 3.77. The van der Waals surface area contributed by atoms with Gasteiger partial charge >= 0.3 is 0 Å². The molecule has 2 unspecified atom stereocenters. The molecule has 1 fully saturated rings. The largest absolute Gasteiger partial charge is 0.322 e. The molecule has 4 heteroatoms. The first kappa shape index (κ1) is 15.4. The lowest BCUT2D eigenvalue weighted by atomic mass is 10.1. The molecule has 1 saturated heterocycles. The third kappa shape index (κ3) is 3.55. The van der Waals surface area contributed by atoms with Crippen LogP contribution in [0.5, 0.6) is 0 Å². The summed E-state index contributed by atoms with van der Waals surface area (Å²) in [4.78, 5) is 14.5. The Morgan fingerprint density at radius 2 is 2.00 bits per heavy atom. The van der Waals surface area contributed by atoms with Gasteiger partial charge in [0.25, 0.3) is 0 Å². The number of rotatable bonds is 7. The maximum atomic E-state index is 12.4. The summed E-state index contributed by atoms with van der Waals surface area (Å²) >= 11 is 1.87. The van der Waals surface area contributed by atoms with Crippen molar-refractivity contribution in [2.24, 2.45) is 0 Å². The molecule has 1 aromatic carbocycles. The van der Waals surface area contributed by atoms with E-state index < -0.39 is 0 Å². The predicted octanol–water partition coefficient (Wildman–Crippen LogP) is 3.04. The number of carbonyl (C=O) groups excluding carboxylic acids is 1. The number of hydrogen-bond donors (Lipinski definition) is 1. The van der Waals surface area contributed by atoms with Gasteiger partial charge < -0.3 is 4.90 Å². The van der Waals surface area contributed by atoms with E-state index in [1.54, 1.807) is 0 Å². The van der Waals surface area contributed by atoms with Gasteiger partial charge in [0.2, 0.25) is 5.91 Å². The van der Waals surface area contributed by atoms with Gasteiger partial charge in [-0.2, -0.15) is 11.8 Å². The molecule has 1 heterocycles. The van der Waals surface area contributed by atoms with Crippen LogP contribution in [0.15, 0.2) is 30.3 Å². The average molecular weight is 292 g/mol. The van der Waals surface area contributed by atoms with Crippen molar-refractivity contribution < 1.29 is 4.79 Å². The minimum atomic E-state index is -0.0271. The Morgan fingerprint density at radius 3 is 2.65 bits per heavy atom. The van der Waals surface area contributed by atoms with Crippen LogP contribution in [0.4, 0.5) is 0 Å². The fraction of sp³-hybridized carbons (Fsp3) is 0.562. The van der Waals surface area contributed by atoms with Crippen molar-refractivity contribution in [2.75, 3.05) is 18.6 Å². The number of carbonyl (C=O) groups is 1. The summed E-state index contributed by atoms with van der Waals surface area (Å²) in [5.41, 5.74) is 1.18. The molecule has 1 aliphatic heterocycles. The van der Waals surface area contributed by atoms with Gasteiger partial charge in [-0.3, -0.25) is 10.1 Å². The summed E-state index contributed by atoms with van der Waals surface area (Å²) < 4.78 is 0.